The molecule has 2 heterocycles. The Hall–Kier alpha value is -1.77. The van der Waals surface area contributed by atoms with Crippen molar-refractivity contribution in [1.29, 1.82) is 0 Å². The molecule has 1 amide bonds. The predicted molar refractivity (Wildman–Crippen MR) is 88.7 cm³/mol. The van der Waals surface area contributed by atoms with Gasteiger partial charge in [0, 0.05) is 44.6 Å². The smallest absolute Gasteiger partial charge is 0.276 e. The second kappa shape index (κ2) is 7.67. The second-order valence-electron chi connectivity index (χ2n) is 5.55. The van der Waals surface area contributed by atoms with Gasteiger partial charge in [0.05, 0.1) is 0 Å². The fraction of sp³-hybridized carbons (Fsp3) is 0.467. The Morgan fingerprint density at radius 2 is 2.04 bits per heavy atom. The quantitative estimate of drug-likeness (QED) is 0.763. The third-order valence-electron chi connectivity index (χ3n) is 3.71. The molecule has 126 valence electrons. The summed E-state index contributed by atoms with van der Waals surface area (Å²) in [4.78, 5) is 18.0. The van der Waals surface area contributed by atoms with Crippen LogP contribution in [0.3, 0.4) is 0 Å². The highest BCUT2D eigenvalue weighted by molar-refractivity contribution is 7.87. The van der Waals surface area contributed by atoms with Crippen LogP contribution in [0, 0.1) is 6.92 Å². The van der Waals surface area contributed by atoms with Crippen molar-refractivity contribution < 1.29 is 13.2 Å². The Morgan fingerprint density at radius 1 is 1.35 bits per heavy atom. The van der Waals surface area contributed by atoms with Gasteiger partial charge in [0.15, 0.2) is 0 Å². The molecule has 1 aliphatic heterocycles. The summed E-state index contributed by atoms with van der Waals surface area (Å²) in [5, 5.41) is 0. The van der Waals surface area contributed by atoms with Gasteiger partial charge in [-0.05, 0) is 43.0 Å². The molecule has 1 aromatic heterocycles. The van der Waals surface area contributed by atoms with Crippen molar-refractivity contribution in [2.24, 2.45) is 0 Å². The zero-order valence-electron chi connectivity index (χ0n) is 13.3. The monoisotopic (exact) mass is 338 g/mol. The number of pyridine rings is 1. The Morgan fingerprint density at radius 3 is 2.65 bits per heavy atom. The first-order valence-electron chi connectivity index (χ1n) is 7.49. The number of nitrogens with zero attached hydrogens (tertiary/aromatic N) is 2. The molecule has 0 spiro atoms. The number of aryl methyl sites for hydroxylation is 1. The maximum Gasteiger partial charge on any atom is 0.276 e. The number of piperidine rings is 1. The number of hydrogen-bond donors (Lipinski definition) is 2. The van der Waals surface area contributed by atoms with Gasteiger partial charge in [-0.1, -0.05) is 0 Å². The van der Waals surface area contributed by atoms with Crippen molar-refractivity contribution in [2.75, 3.05) is 20.1 Å². The lowest BCUT2D eigenvalue weighted by molar-refractivity contribution is -0.126. The lowest BCUT2D eigenvalue weighted by Crippen LogP contribution is -2.48. The molecular formula is C15H22N4O3S. The van der Waals surface area contributed by atoms with E-state index in [0.717, 1.165) is 11.1 Å². The molecule has 2 rings (SSSR count). The average molecular weight is 338 g/mol. The van der Waals surface area contributed by atoms with Crippen molar-refractivity contribution in [3.8, 4) is 0 Å². The summed E-state index contributed by atoms with van der Waals surface area (Å²) in [6.45, 7) is 3.02. The first-order valence-corrected chi connectivity index (χ1v) is 8.97. The highest BCUT2D eigenvalue weighted by Gasteiger charge is 2.24. The van der Waals surface area contributed by atoms with Gasteiger partial charge < -0.3 is 4.90 Å². The molecule has 23 heavy (non-hydrogen) atoms. The van der Waals surface area contributed by atoms with Gasteiger partial charge in [-0.2, -0.15) is 13.1 Å². The van der Waals surface area contributed by atoms with Crippen LogP contribution in [0.1, 0.15) is 24.0 Å². The molecule has 0 atom stereocenters. The van der Waals surface area contributed by atoms with E-state index in [1.165, 1.54) is 13.1 Å². The SMILES string of the molecule is CNS(=O)(=O)NC1CCN(C(=O)C=Cc2cncc(C)c2)CC1. The third-order valence-corrected chi connectivity index (χ3v) is 4.89. The van der Waals surface area contributed by atoms with E-state index in [0.29, 0.717) is 25.9 Å². The molecular weight excluding hydrogens is 316 g/mol. The molecule has 0 radical (unpaired) electrons. The number of carbonyl (C=O) groups is 1. The maximum atomic E-state index is 12.2. The van der Waals surface area contributed by atoms with Crippen LogP contribution in [0.5, 0.6) is 0 Å². The van der Waals surface area contributed by atoms with Gasteiger partial charge in [-0.25, -0.2) is 4.72 Å². The van der Waals surface area contributed by atoms with Crippen LogP contribution < -0.4 is 9.44 Å². The molecule has 0 saturated carbocycles. The minimum absolute atomic E-state index is 0.0681. The third kappa shape index (κ3) is 5.42. The molecule has 0 bridgehead atoms. The van der Waals surface area contributed by atoms with Crippen LogP contribution in [-0.2, 0) is 15.0 Å². The van der Waals surface area contributed by atoms with Crippen LogP contribution in [0.2, 0.25) is 0 Å². The minimum atomic E-state index is -3.43. The molecule has 2 N–H and O–H groups in total. The summed E-state index contributed by atoms with van der Waals surface area (Å²) in [5.41, 5.74) is 1.92. The zero-order chi connectivity index (χ0) is 16.9. The van der Waals surface area contributed by atoms with Crippen LogP contribution in [0.4, 0.5) is 0 Å². The normalized spacial score (nSPS) is 16.9. The van der Waals surface area contributed by atoms with Gasteiger partial charge in [-0.15, -0.1) is 0 Å². The van der Waals surface area contributed by atoms with Crippen LogP contribution in [0.15, 0.2) is 24.5 Å². The predicted octanol–water partition coefficient (Wildman–Crippen LogP) is 0.448. The Labute approximate surface area is 137 Å². The van der Waals surface area contributed by atoms with Gasteiger partial charge in [-0.3, -0.25) is 9.78 Å². The standard InChI is InChI=1S/C15H22N4O3S/c1-12-9-13(11-17-10-12)3-4-15(20)19-7-5-14(6-8-19)18-23(21,22)16-2/h3-4,9-11,14,16,18H,5-8H2,1-2H3. The Kier molecular flexibility index (Phi) is 5.86. The van der Waals surface area contributed by atoms with E-state index in [4.69, 9.17) is 0 Å². The van der Waals surface area contributed by atoms with Gasteiger partial charge in [0.1, 0.15) is 0 Å². The Bertz CT molecular complexity index is 680. The summed E-state index contributed by atoms with van der Waals surface area (Å²) in [6, 6.07) is 1.82. The summed E-state index contributed by atoms with van der Waals surface area (Å²) >= 11 is 0. The lowest BCUT2D eigenvalue weighted by Gasteiger charge is -2.31. The van der Waals surface area contributed by atoms with Crippen molar-refractivity contribution >= 4 is 22.2 Å². The van der Waals surface area contributed by atoms with Crippen molar-refractivity contribution in [1.82, 2.24) is 19.3 Å². The van der Waals surface area contributed by atoms with Crippen LogP contribution >= 0.6 is 0 Å². The number of likely N-dealkylation sites (tertiary alicyclic amines) is 1. The zero-order valence-corrected chi connectivity index (χ0v) is 14.1. The fourth-order valence-electron chi connectivity index (χ4n) is 2.44. The first kappa shape index (κ1) is 17.6. The van der Waals surface area contributed by atoms with E-state index in [2.05, 4.69) is 14.4 Å². The fourth-order valence-corrected chi connectivity index (χ4v) is 3.23. The van der Waals surface area contributed by atoms with Crippen LogP contribution in [-0.4, -0.2) is 50.4 Å². The van der Waals surface area contributed by atoms with Gasteiger partial charge in [0.2, 0.25) is 5.91 Å². The summed E-state index contributed by atoms with van der Waals surface area (Å²) < 4.78 is 27.7. The van der Waals surface area contributed by atoms with E-state index in [1.54, 1.807) is 23.4 Å². The highest BCUT2D eigenvalue weighted by Crippen LogP contribution is 2.12. The number of rotatable bonds is 5. The molecule has 1 aliphatic rings. The number of carbonyl (C=O) groups excluding carboxylic acids is 1. The molecule has 8 heteroatoms. The minimum Gasteiger partial charge on any atom is -0.339 e. The molecule has 1 fully saturated rings. The van der Waals surface area contributed by atoms with E-state index in [1.807, 2.05) is 13.0 Å². The molecule has 1 saturated heterocycles. The van der Waals surface area contributed by atoms with E-state index in [-0.39, 0.29) is 11.9 Å². The largest absolute Gasteiger partial charge is 0.339 e. The molecule has 0 unspecified atom stereocenters. The van der Waals surface area contributed by atoms with Crippen LogP contribution in [0.25, 0.3) is 6.08 Å². The van der Waals surface area contributed by atoms with E-state index < -0.39 is 10.2 Å². The molecule has 0 aromatic carbocycles. The van der Waals surface area contributed by atoms with Crippen molar-refractivity contribution in [2.45, 2.75) is 25.8 Å². The lowest BCUT2D eigenvalue weighted by atomic mass is 10.1. The van der Waals surface area contributed by atoms with Crippen molar-refractivity contribution in [3.63, 3.8) is 0 Å². The molecule has 1 aromatic rings. The number of aromatic nitrogens is 1. The van der Waals surface area contributed by atoms with Gasteiger partial charge in [0.25, 0.3) is 10.2 Å². The molecule has 7 nitrogen and oxygen atoms in total. The maximum absolute atomic E-state index is 12.2. The number of hydrogen-bond acceptors (Lipinski definition) is 4. The van der Waals surface area contributed by atoms with E-state index in [9.17, 15) is 13.2 Å². The number of amides is 1. The Balaban J connectivity index is 1.86. The average Bonchev–Trinajstić information content (AvgIpc) is 2.53. The summed E-state index contributed by atoms with van der Waals surface area (Å²) in [7, 11) is -2.06. The van der Waals surface area contributed by atoms with Crippen molar-refractivity contribution in [3.05, 3.63) is 35.7 Å². The number of nitrogens with one attached hydrogen (secondary N) is 2. The molecule has 0 aliphatic carbocycles. The van der Waals surface area contributed by atoms with E-state index >= 15 is 0 Å². The van der Waals surface area contributed by atoms with Gasteiger partial charge >= 0.3 is 0 Å². The topological polar surface area (TPSA) is 91.4 Å². The summed E-state index contributed by atoms with van der Waals surface area (Å²) in [6.07, 6.45) is 7.96. The highest BCUT2D eigenvalue weighted by atomic mass is 32.2. The summed E-state index contributed by atoms with van der Waals surface area (Å²) in [5.74, 6) is -0.0681. The first-order chi connectivity index (χ1) is 10.9. The second-order valence-corrected chi connectivity index (χ2v) is 7.20.